The Bertz CT molecular complexity index is 1120. The van der Waals surface area contributed by atoms with Crippen LogP contribution in [0.5, 0.6) is 0 Å². The molecule has 1 N–H and O–H groups in total. The van der Waals surface area contributed by atoms with Crippen molar-refractivity contribution in [2.24, 2.45) is 0 Å². The monoisotopic (exact) mass is 343 g/mol. The van der Waals surface area contributed by atoms with Gasteiger partial charge in [-0.1, -0.05) is 18.2 Å². The van der Waals surface area contributed by atoms with Crippen LogP contribution >= 0.6 is 0 Å². The van der Waals surface area contributed by atoms with Crippen LogP contribution in [0.4, 0.5) is 0 Å². The van der Waals surface area contributed by atoms with Gasteiger partial charge in [0.05, 0.1) is 18.3 Å². The summed E-state index contributed by atoms with van der Waals surface area (Å²) in [4.78, 5) is 8.09. The minimum atomic E-state index is 0.385. The quantitative estimate of drug-likeness (QED) is 0.537. The molecule has 1 aliphatic rings. The van der Waals surface area contributed by atoms with Crippen molar-refractivity contribution in [3.8, 4) is 22.6 Å². The summed E-state index contributed by atoms with van der Waals surface area (Å²) in [6.07, 6.45) is 4.88. The summed E-state index contributed by atoms with van der Waals surface area (Å²) in [6.45, 7) is 7.76. The van der Waals surface area contributed by atoms with E-state index >= 15 is 0 Å². The van der Waals surface area contributed by atoms with E-state index in [4.69, 9.17) is 0 Å². The number of aromatic nitrogens is 4. The average Bonchev–Trinajstić information content (AvgIpc) is 3.18. The van der Waals surface area contributed by atoms with Gasteiger partial charge in [-0.25, -0.2) is 9.13 Å². The molecule has 4 nitrogen and oxygen atoms in total. The Morgan fingerprint density at radius 3 is 2.77 bits per heavy atom. The molecule has 5 rings (SSSR count). The second kappa shape index (κ2) is 5.56. The smallest absolute Gasteiger partial charge is 0.254 e. The number of aryl methyl sites for hydroxylation is 1. The van der Waals surface area contributed by atoms with E-state index in [-0.39, 0.29) is 0 Å². The molecular weight excluding hydrogens is 320 g/mol. The van der Waals surface area contributed by atoms with Crippen molar-refractivity contribution >= 4 is 10.9 Å². The highest BCUT2D eigenvalue weighted by molar-refractivity contribution is 5.92. The fourth-order valence-electron chi connectivity index (χ4n) is 4.52. The van der Waals surface area contributed by atoms with E-state index in [9.17, 15) is 0 Å². The van der Waals surface area contributed by atoms with Gasteiger partial charge in [-0.05, 0) is 37.6 Å². The fraction of sp³-hybridized carbons (Fsp3) is 0.273. The maximum absolute atomic E-state index is 4.39. The molecule has 3 aromatic heterocycles. The minimum absolute atomic E-state index is 0.385. The first-order chi connectivity index (χ1) is 12.7. The number of hydrogen-bond donors (Lipinski definition) is 1. The Morgan fingerprint density at radius 1 is 1.15 bits per heavy atom. The molecule has 1 aromatic carbocycles. The zero-order valence-corrected chi connectivity index (χ0v) is 15.5. The highest BCUT2D eigenvalue weighted by Gasteiger charge is 2.36. The first kappa shape index (κ1) is 15.4. The van der Waals surface area contributed by atoms with Crippen LogP contribution in [0, 0.1) is 6.92 Å². The van der Waals surface area contributed by atoms with E-state index in [0.717, 1.165) is 13.0 Å². The molecule has 4 heterocycles. The second-order valence-corrected chi connectivity index (χ2v) is 7.38. The lowest BCUT2D eigenvalue weighted by atomic mass is 10.00. The number of aromatic amines is 1. The normalized spacial score (nSPS) is 13.2. The summed E-state index contributed by atoms with van der Waals surface area (Å²) in [7, 11) is 0. The van der Waals surface area contributed by atoms with Gasteiger partial charge in [0.25, 0.3) is 5.82 Å². The van der Waals surface area contributed by atoms with E-state index in [1.807, 2.05) is 18.5 Å². The van der Waals surface area contributed by atoms with Crippen molar-refractivity contribution in [1.29, 1.82) is 0 Å². The number of H-pyrrole nitrogens is 1. The lowest BCUT2D eigenvalue weighted by molar-refractivity contribution is -0.693. The third-order valence-electron chi connectivity index (χ3n) is 5.56. The predicted octanol–water partition coefficient (Wildman–Crippen LogP) is 4.43. The fourth-order valence-corrected chi connectivity index (χ4v) is 4.52. The van der Waals surface area contributed by atoms with Crippen LogP contribution in [0.3, 0.4) is 0 Å². The average molecular weight is 343 g/mol. The summed E-state index contributed by atoms with van der Waals surface area (Å²) in [6, 6.07) is 13.2. The molecule has 0 amide bonds. The van der Waals surface area contributed by atoms with Crippen molar-refractivity contribution < 1.29 is 4.57 Å². The predicted molar refractivity (Wildman–Crippen MR) is 104 cm³/mol. The summed E-state index contributed by atoms with van der Waals surface area (Å²) in [5.74, 6) is 1.30. The highest BCUT2D eigenvalue weighted by atomic mass is 15.2. The number of hydrogen-bond acceptors (Lipinski definition) is 1. The van der Waals surface area contributed by atoms with Crippen LogP contribution in [0.2, 0.25) is 0 Å². The van der Waals surface area contributed by atoms with Crippen LogP contribution in [0.15, 0.2) is 48.8 Å². The van der Waals surface area contributed by atoms with Gasteiger partial charge >= 0.3 is 0 Å². The first-order valence-corrected chi connectivity index (χ1v) is 9.31. The molecule has 0 aliphatic carbocycles. The topological polar surface area (TPSA) is 37.5 Å². The molecule has 0 saturated heterocycles. The van der Waals surface area contributed by atoms with Gasteiger partial charge in [0.1, 0.15) is 0 Å². The Hall–Kier alpha value is -2.88. The van der Waals surface area contributed by atoms with Gasteiger partial charge in [-0.2, -0.15) is 0 Å². The molecule has 26 heavy (non-hydrogen) atoms. The number of rotatable bonds is 2. The van der Waals surface area contributed by atoms with Crippen LogP contribution in [0.1, 0.15) is 31.3 Å². The maximum atomic E-state index is 4.39. The molecule has 0 unspecified atom stereocenters. The molecule has 0 saturated carbocycles. The van der Waals surface area contributed by atoms with E-state index in [1.54, 1.807) is 0 Å². The van der Waals surface area contributed by atoms with E-state index in [0.29, 0.717) is 6.04 Å². The molecule has 0 atom stereocenters. The Kier molecular flexibility index (Phi) is 3.29. The van der Waals surface area contributed by atoms with Gasteiger partial charge in [0, 0.05) is 42.2 Å². The summed E-state index contributed by atoms with van der Waals surface area (Å²) in [5.41, 5.74) is 7.65. The maximum Gasteiger partial charge on any atom is 0.254 e. The number of benzene rings is 1. The second-order valence-electron chi connectivity index (χ2n) is 7.38. The van der Waals surface area contributed by atoms with Gasteiger partial charge in [-0.3, -0.25) is 4.98 Å². The van der Waals surface area contributed by atoms with Crippen LogP contribution < -0.4 is 4.57 Å². The molecule has 1 aliphatic heterocycles. The highest BCUT2D eigenvalue weighted by Crippen LogP contribution is 2.39. The number of imidazole rings is 1. The lowest BCUT2D eigenvalue weighted by Crippen LogP contribution is -2.41. The minimum Gasteiger partial charge on any atom is -0.351 e. The molecular formula is C22H23N4+. The van der Waals surface area contributed by atoms with Crippen molar-refractivity contribution in [2.75, 3.05) is 0 Å². The van der Waals surface area contributed by atoms with Gasteiger partial charge in [-0.15, -0.1) is 0 Å². The van der Waals surface area contributed by atoms with Crippen molar-refractivity contribution in [1.82, 2.24) is 14.5 Å². The summed E-state index contributed by atoms with van der Waals surface area (Å²) in [5, 5.41) is 1.35. The number of pyridine rings is 1. The van der Waals surface area contributed by atoms with Crippen LogP contribution in [-0.4, -0.2) is 14.5 Å². The van der Waals surface area contributed by atoms with E-state index in [2.05, 4.69) is 70.2 Å². The van der Waals surface area contributed by atoms with E-state index in [1.165, 1.54) is 44.9 Å². The molecule has 0 radical (unpaired) electrons. The SMILES string of the molecule is Cc1n(C(C)C)c(-c2cccnc2)c2[n+]1CCc1c-2[nH]c2ccccc12. The van der Waals surface area contributed by atoms with Crippen LogP contribution in [-0.2, 0) is 13.0 Å². The molecule has 0 fully saturated rings. The Balaban J connectivity index is 1.90. The van der Waals surface area contributed by atoms with Gasteiger partial charge in [0.15, 0.2) is 11.4 Å². The number of fused-ring (bicyclic) bond motifs is 5. The first-order valence-electron chi connectivity index (χ1n) is 9.31. The molecule has 0 spiro atoms. The van der Waals surface area contributed by atoms with Crippen LogP contribution in [0.25, 0.3) is 33.5 Å². The zero-order valence-electron chi connectivity index (χ0n) is 15.5. The summed E-state index contributed by atoms with van der Waals surface area (Å²) < 4.78 is 4.92. The number of para-hydroxylation sites is 1. The van der Waals surface area contributed by atoms with Gasteiger partial charge < -0.3 is 4.98 Å². The third-order valence-corrected chi connectivity index (χ3v) is 5.56. The standard InChI is InChI=1S/C22H23N4/c1-14(2)26-15(3)25-12-10-18-17-8-4-5-9-19(17)24-20(18)22(25)21(26)16-7-6-11-23-13-16/h4-9,11,13-14,24H,10,12H2,1-3H3/q+1. The van der Waals surface area contributed by atoms with E-state index < -0.39 is 0 Å². The molecule has 4 aromatic rings. The number of nitrogens with one attached hydrogen (secondary N) is 1. The third kappa shape index (κ3) is 2.02. The Labute approximate surface area is 153 Å². The Morgan fingerprint density at radius 2 is 2.00 bits per heavy atom. The number of nitrogens with zero attached hydrogens (tertiary/aromatic N) is 3. The molecule has 0 bridgehead atoms. The summed E-state index contributed by atoms with van der Waals surface area (Å²) >= 11 is 0. The van der Waals surface area contributed by atoms with Crippen molar-refractivity contribution in [3.05, 3.63) is 60.2 Å². The van der Waals surface area contributed by atoms with Gasteiger partial charge in [0.2, 0.25) is 0 Å². The van der Waals surface area contributed by atoms with Crippen molar-refractivity contribution in [2.45, 2.75) is 39.8 Å². The molecule has 130 valence electrons. The van der Waals surface area contributed by atoms with Crippen molar-refractivity contribution in [3.63, 3.8) is 0 Å². The lowest BCUT2D eigenvalue weighted by Gasteiger charge is -2.12. The largest absolute Gasteiger partial charge is 0.351 e. The zero-order chi connectivity index (χ0) is 17.8. The molecule has 4 heteroatoms.